The molecule has 2 unspecified atom stereocenters. The molecule has 2 aromatic carbocycles. The lowest BCUT2D eigenvalue weighted by molar-refractivity contribution is -0.122. The lowest BCUT2D eigenvalue weighted by Gasteiger charge is -2.22. The van der Waals surface area contributed by atoms with Crippen LogP contribution in [0.4, 0.5) is 13.2 Å². The van der Waals surface area contributed by atoms with Gasteiger partial charge in [-0.25, -0.2) is 13.2 Å². The van der Waals surface area contributed by atoms with E-state index in [0.717, 1.165) is 41.9 Å². The van der Waals surface area contributed by atoms with Gasteiger partial charge in [0.15, 0.2) is 5.69 Å². The van der Waals surface area contributed by atoms with Gasteiger partial charge < -0.3 is 16.8 Å². The van der Waals surface area contributed by atoms with Gasteiger partial charge in [-0.1, -0.05) is 12.1 Å². The number of aromatic nitrogens is 3. The van der Waals surface area contributed by atoms with Crippen LogP contribution in [-0.4, -0.2) is 32.5 Å². The summed E-state index contributed by atoms with van der Waals surface area (Å²) in [6.45, 7) is -0.229. The van der Waals surface area contributed by atoms with Crippen LogP contribution in [0.25, 0.3) is 11.1 Å². The molecule has 6 rings (SSSR count). The Hall–Kier alpha value is -5.00. The zero-order valence-corrected chi connectivity index (χ0v) is 22.1. The van der Waals surface area contributed by atoms with Gasteiger partial charge in [-0.2, -0.15) is 5.10 Å². The van der Waals surface area contributed by atoms with E-state index in [1.807, 2.05) is 0 Å². The Morgan fingerprint density at radius 1 is 1.02 bits per heavy atom. The second-order valence-corrected chi connectivity index (χ2v) is 10.6. The van der Waals surface area contributed by atoms with E-state index in [-0.39, 0.29) is 35.7 Å². The molecule has 0 bridgehead atoms. The van der Waals surface area contributed by atoms with Gasteiger partial charge in [-0.15, -0.1) is 0 Å². The minimum atomic E-state index is -0.959. The number of benzene rings is 2. The van der Waals surface area contributed by atoms with Crippen LogP contribution in [0.1, 0.15) is 61.7 Å². The average molecular weight is 575 g/mol. The number of fused-ring (bicyclic) bond motifs is 3. The molecule has 4 aromatic rings. The van der Waals surface area contributed by atoms with E-state index in [2.05, 4.69) is 15.4 Å². The number of carbonyl (C=O) groups excluding carboxylic acids is 3. The highest BCUT2D eigenvalue weighted by molar-refractivity contribution is 5.95. The summed E-state index contributed by atoms with van der Waals surface area (Å²) < 4.78 is 43.9. The molecule has 0 saturated heterocycles. The van der Waals surface area contributed by atoms with Crippen LogP contribution in [0.15, 0.2) is 54.7 Å². The van der Waals surface area contributed by atoms with E-state index in [0.29, 0.717) is 29.2 Å². The normalized spacial score (nSPS) is 17.3. The fourth-order valence-corrected chi connectivity index (χ4v) is 5.88. The number of nitrogens with one attached hydrogen (secondary N) is 1. The van der Waals surface area contributed by atoms with Gasteiger partial charge in [0.1, 0.15) is 24.0 Å². The molecule has 1 fully saturated rings. The van der Waals surface area contributed by atoms with E-state index >= 15 is 0 Å². The van der Waals surface area contributed by atoms with E-state index < -0.39 is 41.2 Å². The molecule has 3 atom stereocenters. The van der Waals surface area contributed by atoms with Gasteiger partial charge >= 0.3 is 0 Å². The number of nitrogens with zero attached hydrogens (tertiary/aromatic N) is 3. The molecule has 0 spiro atoms. The van der Waals surface area contributed by atoms with Gasteiger partial charge in [0.25, 0.3) is 11.8 Å². The van der Waals surface area contributed by atoms with E-state index in [9.17, 15) is 27.6 Å². The number of carbonyl (C=O) groups is 3. The number of amides is 3. The fourth-order valence-electron chi connectivity index (χ4n) is 5.88. The highest BCUT2D eigenvalue weighted by atomic mass is 19.1. The number of hydrogen-bond acceptors (Lipinski definition) is 5. The van der Waals surface area contributed by atoms with Crippen molar-refractivity contribution >= 4 is 17.7 Å². The monoisotopic (exact) mass is 574 g/mol. The average Bonchev–Trinajstić information content (AvgIpc) is 3.45. The van der Waals surface area contributed by atoms with Crippen LogP contribution in [0.3, 0.4) is 0 Å². The Bertz CT molecular complexity index is 1750. The second-order valence-electron chi connectivity index (χ2n) is 10.6. The third-order valence-electron chi connectivity index (χ3n) is 7.78. The van der Waals surface area contributed by atoms with Crippen molar-refractivity contribution in [2.75, 3.05) is 0 Å². The largest absolute Gasteiger partial charge is 0.366 e. The first kappa shape index (κ1) is 27.2. The van der Waals surface area contributed by atoms with Crippen molar-refractivity contribution in [2.24, 2.45) is 17.4 Å². The van der Waals surface area contributed by atoms with E-state index in [1.165, 1.54) is 23.0 Å². The third kappa shape index (κ3) is 5.11. The molecule has 1 saturated carbocycles. The molecule has 5 N–H and O–H groups in total. The first-order valence-electron chi connectivity index (χ1n) is 13.3. The molecule has 0 aliphatic heterocycles. The van der Waals surface area contributed by atoms with Crippen LogP contribution >= 0.6 is 0 Å². The van der Waals surface area contributed by atoms with Gasteiger partial charge in [0.2, 0.25) is 5.91 Å². The molecular formula is C30H25F3N6O3. The molecule has 214 valence electrons. The van der Waals surface area contributed by atoms with Crippen LogP contribution in [0, 0.1) is 23.4 Å². The number of rotatable bonds is 9. The van der Waals surface area contributed by atoms with Gasteiger partial charge in [0.05, 0.1) is 17.3 Å². The van der Waals surface area contributed by atoms with Crippen molar-refractivity contribution in [3.63, 3.8) is 0 Å². The van der Waals surface area contributed by atoms with E-state index in [1.54, 1.807) is 12.1 Å². The minimum Gasteiger partial charge on any atom is -0.366 e. The lowest BCUT2D eigenvalue weighted by atomic mass is 9.94. The number of halogens is 3. The van der Waals surface area contributed by atoms with Crippen molar-refractivity contribution in [2.45, 2.75) is 37.8 Å². The molecular weight excluding hydrogens is 549 g/mol. The molecule has 0 radical (unpaired) electrons. The maximum atomic E-state index is 14.2. The Labute approximate surface area is 237 Å². The maximum absolute atomic E-state index is 14.2. The number of primary amides is 2. The first-order valence-corrected chi connectivity index (χ1v) is 13.3. The van der Waals surface area contributed by atoms with Gasteiger partial charge in [-0.05, 0) is 72.6 Å². The summed E-state index contributed by atoms with van der Waals surface area (Å²) in [6, 6.07) is 9.24. The Balaban J connectivity index is 1.36. The summed E-state index contributed by atoms with van der Waals surface area (Å²) in [6.07, 6.45) is 3.08. The molecule has 9 nitrogen and oxygen atoms in total. The summed E-state index contributed by atoms with van der Waals surface area (Å²) in [5.74, 6) is -3.83. The van der Waals surface area contributed by atoms with E-state index in [4.69, 9.17) is 11.5 Å². The topological polar surface area (TPSA) is 146 Å². The number of nitrogens with two attached hydrogens (primary N) is 2. The number of pyridine rings is 1. The summed E-state index contributed by atoms with van der Waals surface area (Å²) in [4.78, 5) is 41.7. The Morgan fingerprint density at radius 2 is 1.79 bits per heavy atom. The smallest absolute Gasteiger partial charge is 0.269 e. The zero-order valence-electron chi connectivity index (χ0n) is 22.1. The zero-order chi connectivity index (χ0) is 29.7. The second kappa shape index (κ2) is 10.4. The molecule has 42 heavy (non-hydrogen) atoms. The summed E-state index contributed by atoms with van der Waals surface area (Å²) in [7, 11) is 0. The molecule has 3 amide bonds. The Morgan fingerprint density at radius 3 is 2.50 bits per heavy atom. The highest BCUT2D eigenvalue weighted by Gasteiger charge is 2.50. The van der Waals surface area contributed by atoms with Crippen molar-refractivity contribution < 1.29 is 27.6 Å². The SMILES string of the molecule is NC(=O)c1cc(-c2cccnc2[C@H](Cc2cc(F)cc(F)c2)NC(=O)Cn2nc(C(N)=O)c3c2CC2CC32)ccc1F. The van der Waals surface area contributed by atoms with Crippen LogP contribution in [0.5, 0.6) is 0 Å². The maximum Gasteiger partial charge on any atom is 0.269 e. The van der Waals surface area contributed by atoms with Crippen LogP contribution in [-0.2, 0) is 24.2 Å². The molecule has 2 aliphatic rings. The molecule has 2 aromatic heterocycles. The summed E-state index contributed by atoms with van der Waals surface area (Å²) in [5.41, 5.74) is 13.7. The Kier molecular flexibility index (Phi) is 6.76. The fraction of sp³-hybridized carbons (Fsp3) is 0.233. The molecule has 2 aliphatic carbocycles. The highest BCUT2D eigenvalue weighted by Crippen LogP contribution is 2.57. The number of hydrogen-bond donors (Lipinski definition) is 3. The summed E-state index contributed by atoms with van der Waals surface area (Å²) >= 11 is 0. The summed E-state index contributed by atoms with van der Waals surface area (Å²) in [5, 5.41) is 7.21. The first-order chi connectivity index (χ1) is 20.1. The van der Waals surface area contributed by atoms with Crippen LogP contribution in [0.2, 0.25) is 0 Å². The lowest BCUT2D eigenvalue weighted by Crippen LogP contribution is -2.34. The minimum absolute atomic E-state index is 0.0534. The predicted octanol–water partition coefficient (Wildman–Crippen LogP) is 3.32. The van der Waals surface area contributed by atoms with Gasteiger partial charge in [0, 0.05) is 29.1 Å². The van der Waals surface area contributed by atoms with Crippen molar-refractivity contribution in [3.8, 4) is 11.1 Å². The van der Waals surface area contributed by atoms with Gasteiger partial charge in [-0.3, -0.25) is 24.0 Å². The van der Waals surface area contributed by atoms with Crippen LogP contribution < -0.4 is 16.8 Å². The third-order valence-corrected chi connectivity index (χ3v) is 7.78. The van der Waals surface area contributed by atoms with Crippen molar-refractivity contribution in [1.29, 1.82) is 0 Å². The molecule has 2 heterocycles. The van der Waals surface area contributed by atoms with Crippen molar-refractivity contribution in [1.82, 2.24) is 20.1 Å². The quantitative estimate of drug-likeness (QED) is 0.281. The van der Waals surface area contributed by atoms with Crippen molar-refractivity contribution in [3.05, 3.63) is 106 Å². The predicted molar refractivity (Wildman–Crippen MR) is 144 cm³/mol. The molecule has 12 heteroatoms. The standard InChI is InChI=1S/C30H25F3N6O3/c31-17-6-14(7-18(32)12-17)8-23(27-19(2-1-5-36-27)15-3-4-22(33)21(9-15)29(34)41)37-25(40)13-39-24-11-16-10-20(16)26(24)28(38-39)30(35)42/h1-7,9,12,16,20,23H,8,10-11,13H2,(H2,34,41)(H2,35,42)(H,37,40)/t16?,20?,23-/m0/s1.